The number of carboxylic acids is 2. The minimum atomic E-state index is -1.62. The number of aliphatic hydroxyl groups is 1. The summed E-state index contributed by atoms with van der Waals surface area (Å²) < 4.78 is 0. The molecule has 0 aliphatic carbocycles. The first-order valence-electron chi connectivity index (χ1n) is 11.4. The number of carboxylic acid groups (broad SMARTS) is 2. The summed E-state index contributed by atoms with van der Waals surface area (Å²) in [4.78, 5) is 67.2. The monoisotopic (exact) mass is 513 g/mol. The molecule has 1 aromatic heterocycles. The van der Waals surface area contributed by atoms with Crippen LogP contribution < -0.4 is 27.4 Å². The molecule has 0 aliphatic rings. The Kier molecular flexibility index (Phi) is 13.1. The number of aromatic amines is 1. The smallest absolute Gasteiger partial charge is 0.328 e. The summed E-state index contributed by atoms with van der Waals surface area (Å²) in [5.74, 6) is -4.95. The number of hydrogen-bond acceptors (Lipinski definition) is 9. The van der Waals surface area contributed by atoms with Crippen molar-refractivity contribution < 1.29 is 39.3 Å². The molecule has 0 saturated heterocycles. The maximum Gasteiger partial charge on any atom is 0.328 e. The summed E-state index contributed by atoms with van der Waals surface area (Å²) in [5, 5.41) is 34.9. The number of aliphatic carboxylic acids is 2. The molecule has 0 saturated carbocycles. The Bertz CT molecular complexity index is 878. The number of amides is 3. The number of aliphatic hydroxyl groups excluding tert-OH is 1. The number of nitrogens with zero attached hydrogens (tertiary/aromatic N) is 1. The lowest BCUT2D eigenvalue weighted by Crippen LogP contribution is -2.58. The zero-order valence-corrected chi connectivity index (χ0v) is 20.0. The highest BCUT2D eigenvalue weighted by Crippen LogP contribution is 2.06. The molecule has 36 heavy (non-hydrogen) atoms. The molecule has 202 valence electrons. The van der Waals surface area contributed by atoms with E-state index in [0.717, 1.165) is 0 Å². The minimum absolute atomic E-state index is 0.0920. The van der Waals surface area contributed by atoms with Crippen molar-refractivity contribution >= 4 is 29.7 Å². The van der Waals surface area contributed by atoms with E-state index in [1.807, 2.05) is 0 Å². The van der Waals surface area contributed by atoms with Gasteiger partial charge in [0.25, 0.3) is 0 Å². The first-order valence-corrected chi connectivity index (χ1v) is 11.4. The predicted molar refractivity (Wildman–Crippen MR) is 125 cm³/mol. The van der Waals surface area contributed by atoms with Gasteiger partial charge in [0.2, 0.25) is 17.7 Å². The Labute approximate surface area is 207 Å². The second-order valence-electron chi connectivity index (χ2n) is 8.29. The van der Waals surface area contributed by atoms with Crippen LogP contribution in [0, 0.1) is 0 Å². The minimum Gasteiger partial charge on any atom is -0.481 e. The summed E-state index contributed by atoms with van der Waals surface area (Å²) in [6, 6.07) is -5.19. The quantitative estimate of drug-likeness (QED) is 0.0960. The van der Waals surface area contributed by atoms with Gasteiger partial charge in [0.05, 0.1) is 18.5 Å². The molecule has 0 aliphatic heterocycles. The van der Waals surface area contributed by atoms with Crippen LogP contribution in [0.4, 0.5) is 0 Å². The van der Waals surface area contributed by atoms with Crippen LogP contribution in [0.3, 0.4) is 0 Å². The van der Waals surface area contributed by atoms with E-state index in [-0.39, 0.29) is 25.7 Å². The molecule has 1 aromatic rings. The number of carbonyl (C=O) groups excluding carboxylic acids is 3. The van der Waals surface area contributed by atoms with E-state index in [2.05, 4.69) is 25.9 Å². The van der Waals surface area contributed by atoms with Crippen LogP contribution in [0.25, 0.3) is 0 Å². The fraction of sp³-hybridized carbons (Fsp3) is 0.619. The van der Waals surface area contributed by atoms with E-state index in [0.29, 0.717) is 25.1 Å². The van der Waals surface area contributed by atoms with Crippen molar-refractivity contribution in [3.63, 3.8) is 0 Å². The number of carbonyl (C=O) groups is 5. The lowest BCUT2D eigenvalue weighted by molar-refractivity contribution is -0.145. The van der Waals surface area contributed by atoms with E-state index < -0.39 is 59.9 Å². The first kappa shape index (κ1) is 30.5. The van der Waals surface area contributed by atoms with Crippen LogP contribution in [0.15, 0.2) is 12.5 Å². The SMILES string of the molecule is CC(O)C(NC(=O)C(Cc1cnc[nH]1)NC(=O)C(CCCCN)NC(=O)C(N)CCC(=O)O)C(=O)O. The predicted octanol–water partition coefficient (Wildman–Crippen LogP) is -2.81. The van der Waals surface area contributed by atoms with Crippen LogP contribution in [-0.4, -0.2) is 91.8 Å². The molecule has 0 spiro atoms. The number of H-pyrrole nitrogens is 1. The van der Waals surface area contributed by atoms with Crippen molar-refractivity contribution in [3.8, 4) is 0 Å². The fourth-order valence-electron chi connectivity index (χ4n) is 3.19. The molecule has 5 unspecified atom stereocenters. The molecule has 11 N–H and O–H groups in total. The highest BCUT2D eigenvalue weighted by molar-refractivity contribution is 5.94. The van der Waals surface area contributed by atoms with Crippen LogP contribution in [0.1, 0.15) is 44.7 Å². The Balaban J connectivity index is 3.03. The van der Waals surface area contributed by atoms with Gasteiger partial charge in [-0.25, -0.2) is 9.78 Å². The van der Waals surface area contributed by atoms with Gasteiger partial charge in [0.1, 0.15) is 12.1 Å². The second-order valence-corrected chi connectivity index (χ2v) is 8.29. The number of nitrogens with one attached hydrogen (secondary N) is 4. The molecular formula is C21H35N7O8. The topological polar surface area (TPSA) is 263 Å². The van der Waals surface area contributed by atoms with E-state index in [1.165, 1.54) is 19.4 Å². The Morgan fingerprint density at radius 1 is 1.00 bits per heavy atom. The van der Waals surface area contributed by atoms with Crippen molar-refractivity contribution in [2.45, 2.75) is 75.7 Å². The van der Waals surface area contributed by atoms with Crippen LogP contribution in [0.2, 0.25) is 0 Å². The van der Waals surface area contributed by atoms with E-state index in [1.54, 1.807) is 0 Å². The van der Waals surface area contributed by atoms with Gasteiger partial charge < -0.3 is 47.7 Å². The van der Waals surface area contributed by atoms with Gasteiger partial charge in [-0.3, -0.25) is 19.2 Å². The Hall–Kier alpha value is -3.56. The van der Waals surface area contributed by atoms with E-state index in [4.69, 9.17) is 16.6 Å². The lowest BCUT2D eigenvalue weighted by Gasteiger charge is -2.25. The number of nitrogens with two attached hydrogens (primary N) is 2. The average molecular weight is 514 g/mol. The van der Waals surface area contributed by atoms with Crippen molar-refractivity contribution in [1.29, 1.82) is 0 Å². The van der Waals surface area contributed by atoms with Crippen LogP contribution in [-0.2, 0) is 30.4 Å². The molecule has 1 rings (SSSR count). The molecule has 0 radical (unpaired) electrons. The average Bonchev–Trinajstić information content (AvgIpc) is 3.32. The molecule has 3 amide bonds. The third-order valence-corrected chi connectivity index (χ3v) is 5.24. The summed E-state index contributed by atoms with van der Waals surface area (Å²) in [6.07, 6.45) is 1.96. The van der Waals surface area contributed by atoms with Gasteiger partial charge in [-0.2, -0.15) is 0 Å². The molecule has 5 atom stereocenters. The van der Waals surface area contributed by atoms with Gasteiger partial charge >= 0.3 is 11.9 Å². The summed E-state index contributed by atoms with van der Waals surface area (Å²) in [6.45, 7) is 1.54. The molecule has 15 nitrogen and oxygen atoms in total. The summed E-state index contributed by atoms with van der Waals surface area (Å²) in [5.41, 5.74) is 11.7. The number of aromatic nitrogens is 2. The largest absolute Gasteiger partial charge is 0.481 e. The van der Waals surface area contributed by atoms with Crippen LogP contribution >= 0.6 is 0 Å². The van der Waals surface area contributed by atoms with Crippen molar-refractivity contribution in [2.24, 2.45) is 11.5 Å². The summed E-state index contributed by atoms with van der Waals surface area (Å²) >= 11 is 0. The third kappa shape index (κ3) is 10.8. The third-order valence-electron chi connectivity index (χ3n) is 5.24. The van der Waals surface area contributed by atoms with Gasteiger partial charge in [0, 0.05) is 24.7 Å². The number of unbranched alkanes of at least 4 members (excludes halogenated alkanes) is 1. The zero-order valence-electron chi connectivity index (χ0n) is 20.0. The lowest BCUT2D eigenvalue weighted by atomic mass is 10.0. The van der Waals surface area contributed by atoms with Crippen molar-refractivity contribution in [1.82, 2.24) is 25.9 Å². The van der Waals surface area contributed by atoms with Gasteiger partial charge in [-0.15, -0.1) is 0 Å². The van der Waals surface area contributed by atoms with Crippen molar-refractivity contribution in [3.05, 3.63) is 18.2 Å². The highest BCUT2D eigenvalue weighted by atomic mass is 16.4. The van der Waals surface area contributed by atoms with Gasteiger partial charge in [-0.05, 0) is 39.2 Å². The molecule has 15 heteroatoms. The zero-order chi connectivity index (χ0) is 27.3. The molecule has 0 aromatic carbocycles. The first-order chi connectivity index (χ1) is 17.0. The molecule has 1 heterocycles. The maximum atomic E-state index is 13.1. The standard InChI is InChI=1S/C21H35N7O8/c1-11(29)17(21(35)36)28-20(34)15(8-12-9-24-10-25-12)27-19(33)14(4-2-3-7-22)26-18(32)13(23)5-6-16(30)31/h9-11,13-15,17,29H,2-8,22-23H2,1H3,(H,24,25)(H,26,32)(H,27,33)(H,28,34)(H,30,31)(H,35,36). The fourth-order valence-corrected chi connectivity index (χ4v) is 3.19. The Morgan fingerprint density at radius 2 is 1.64 bits per heavy atom. The van der Waals surface area contributed by atoms with E-state index in [9.17, 15) is 34.2 Å². The highest BCUT2D eigenvalue weighted by Gasteiger charge is 2.32. The normalized spacial score (nSPS) is 15.1. The van der Waals surface area contributed by atoms with Crippen molar-refractivity contribution in [2.75, 3.05) is 6.54 Å². The summed E-state index contributed by atoms with van der Waals surface area (Å²) in [7, 11) is 0. The van der Waals surface area contributed by atoms with Gasteiger partial charge in [0.15, 0.2) is 6.04 Å². The Morgan fingerprint density at radius 3 is 2.17 bits per heavy atom. The molecule has 0 bridgehead atoms. The second kappa shape index (κ2) is 15.4. The molecular weight excluding hydrogens is 478 g/mol. The number of hydrogen-bond donors (Lipinski definition) is 9. The maximum absolute atomic E-state index is 13.1. The van der Waals surface area contributed by atoms with E-state index >= 15 is 0 Å². The number of rotatable bonds is 17. The number of imidazole rings is 1. The van der Waals surface area contributed by atoms with Crippen LogP contribution in [0.5, 0.6) is 0 Å². The van der Waals surface area contributed by atoms with Gasteiger partial charge in [-0.1, -0.05) is 0 Å². The molecule has 0 fully saturated rings.